The Hall–Kier alpha value is -1.93. The van der Waals surface area contributed by atoms with E-state index in [0.29, 0.717) is 12.2 Å². The zero-order valence-corrected chi connectivity index (χ0v) is 14.6. The molecule has 0 fully saturated rings. The second-order valence-electron chi connectivity index (χ2n) is 5.53. The van der Waals surface area contributed by atoms with E-state index in [1.807, 2.05) is 25.3 Å². The molecular weight excluding hydrogens is 316 g/mol. The van der Waals surface area contributed by atoms with Gasteiger partial charge in [0.25, 0.3) is 0 Å². The SMILES string of the molecule is COc1ccc(S(=O)(=O)NCCc2nncn2C(C)C)cc1C. The van der Waals surface area contributed by atoms with E-state index in [1.54, 1.807) is 25.6 Å². The molecule has 1 aromatic carbocycles. The number of hydrogen-bond donors (Lipinski definition) is 1. The van der Waals surface area contributed by atoms with Crippen molar-refractivity contribution >= 4 is 10.0 Å². The number of methoxy groups -OCH3 is 1. The molecule has 0 atom stereocenters. The molecule has 0 bridgehead atoms. The molecule has 2 aromatic rings. The number of aryl methyl sites for hydroxylation is 1. The largest absolute Gasteiger partial charge is 0.496 e. The van der Waals surface area contributed by atoms with Gasteiger partial charge in [0.05, 0.1) is 12.0 Å². The molecule has 8 heteroatoms. The van der Waals surface area contributed by atoms with Crippen molar-refractivity contribution in [1.82, 2.24) is 19.5 Å². The van der Waals surface area contributed by atoms with Gasteiger partial charge in [-0.15, -0.1) is 10.2 Å². The van der Waals surface area contributed by atoms with Crippen molar-refractivity contribution in [2.45, 2.75) is 38.1 Å². The van der Waals surface area contributed by atoms with Gasteiger partial charge < -0.3 is 9.30 Å². The maximum absolute atomic E-state index is 12.3. The zero-order valence-electron chi connectivity index (χ0n) is 13.8. The van der Waals surface area contributed by atoms with Gasteiger partial charge in [-0.2, -0.15) is 0 Å². The van der Waals surface area contributed by atoms with Crippen molar-refractivity contribution in [3.63, 3.8) is 0 Å². The molecule has 0 unspecified atom stereocenters. The van der Waals surface area contributed by atoms with Crippen molar-refractivity contribution in [3.05, 3.63) is 35.9 Å². The first-order valence-corrected chi connectivity index (χ1v) is 8.86. The highest BCUT2D eigenvalue weighted by molar-refractivity contribution is 7.89. The molecule has 1 N–H and O–H groups in total. The van der Waals surface area contributed by atoms with Crippen LogP contribution in [0.3, 0.4) is 0 Å². The third kappa shape index (κ3) is 4.08. The second kappa shape index (κ2) is 7.10. The van der Waals surface area contributed by atoms with Gasteiger partial charge in [0.2, 0.25) is 10.0 Å². The Balaban J connectivity index is 2.04. The summed E-state index contributed by atoms with van der Waals surface area (Å²) in [7, 11) is -2.00. The van der Waals surface area contributed by atoms with Crippen LogP contribution in [0, 0.1) is 6.92 Å². The van der Waals surface area contributed by atoms with Crippen LogP contribution >= 0.6 is 0 Å². The van der Waals surface area contributed by atoms with Crippen LogP contribution in [0.5, 0.6) is 5.75 Å². The fourth-order valence-electron chi connectivity index (χ4n) is 2.28. The molecule has 0 amide bonds. The summed E-state index contributed by atoms with van der Waals surface area (Å²) in [6.07, 6.45) is 2.13. The summed E-state index contributed by atoms with van der Waals surface area (Å²) in [5, 5.41) is 7.90. The number of benzene rings is 1. The lowest BCUT2D eigenvalue weighted by Crippen LogP contribution is -2.27. The first kappa shape index (κ1) is 17.4. The van der Waals surface area contributed by atoms with Crippen LogP contribution in [-0.2, 0) is 16.4 Å². The molecule has 2 rings (SSSR count). The average molecular weight is 338 g/mol. The highest BCUT2D eigenvalue weighted by Gasteiger charge is 2.16. The van der Waals surface area contributed by atoms with E-state index >= 15 is 0 Å². The molecule has 0 spiro atoms. The molecule has 0 saturated heterocycles. The maximum atomic E-state index is 12.3. The Morgan fingerprint density at radius 1 is 1.35 bits per heavy atom. The van der Waals surface area contributed by atoms with E-state index in [1.165, 1.54) is 6.07 Å². The molecule has 7 nitrogen and oxygen atoms in total. The van der Waals surface area contributed by atoms with E-state index in [-0.39, 0.29) is 17.5 Å². The van der Waals surface area contributed by atoms with E-state index < -0.39 is 10.0 Å². The molecule has 23 heavy (non-hydrogen) atoms. The van der Waals surface area contributed by atoms with Crippen molar-refractivity contribution in [1.29, 1.82) is 0 Å². The fraction of sp³-hybridized carbons (Fsp3) is 0.467. The summed E-state index contributed by atoms with van der Waals surface area (Å²) in [6.45, 7) is 6.12. The molecule has 0 aliphatic heterocycles. The minimum absolute atomic E-state index is 0.223. The van der Waals surface area contributed by atoms with Gasteiger partial charge >= 0.3 is 0 Å². The number of sulfonamides is 1. The predicted molar refractivity (Wildman–Crippen MR) is 87.0 cm³/mol. The molecule has 0 radical (unpaired) electrons. The smallest absolute Gasteiger partial charge is 0.240 e. The molecule has 1 aromatic heterocycles. The highest BCUT2D eigenvalue weighted by atomic mass is 32.2. The standard InChI is InChI=1S/C15H22N4O3S/c1-11(2)19-10-16-18-15(19)7-8-17-23(20,21)13-5-6-14(22-4)12(3)9-13/h5-6,9-11,17H,7-8H2,1-4H3. The minimum Gasteiger partial charge on any atom is -0.496 e. The molecule has 0 aliphatic carbocycles. The normalized spacial score (nSPS) is 11.9. The van der Waals surface area contributed by atoms with Crippen molar-refractivity contribution in [2.75, 3.05) is 13.7 Å². The molecule has 0 aliphatic rings. The van der Waals surface area contributed by atoms with E-state index in [2.05, 4.69) is 14.9 Å². The summed E-state index contributed by atoms with van der Waals surface area (Å²) in [6, 6.07) is 5.02. The Kier molecular flexibility index (Phi) is 5.38. The topological polar surface area (TPSA) is 86.1 Å². The van der Waals surface area contributed by atoms with Gasteiger partial charge in [-0.25, -0.2) is 13.1 Å². The van der Waals surface area contributed by atoms with Crippen LogP contribution in [0.15, 0.2) is 29.4 Å². The Labute approximate surface area is 136 Å². The van der Waals surface area contributed by atoms with Crippen molar-refractivity contribution in [3.8, 4) is 5.75 Å². The summed E-state index contributed by atoms with van der Waals surface area (Å²) in [4.78, 5) is 0.223. The van der Waals surface area contributed by atoms with Crippen LogP contribution in [0.1, 0.15) is 31.3 Å². The Bertz CT molecular complexity index is 769. The van der Waals surface area contributed by atoms with Crippen LogP contribution in [0.2, 0.25) is 0 Å². The van der Waals surface area contributed by atoms with Crippen LogP contribution in [0.4, 0.5) is 0 Å². The predicted octanol–water partition coefficient (Wildman–Crippen LogP) is 1.70. The van der Waals surface area contributed by atoms with Crippen molar-refractivity contribution < 1.29 is 13.2 Å². The van der Waals surface area contributed by atoms with Gasteiger partial charge in [0.15, 0.2) is 0 Å². The quantitative estimate of drug-likeness (QED) is 0.830. The lowest BCUT2D eigenvalue weighted by molar-refractivity contribution is 0.411. The Morgan fingerprint density at radius 2 is 2.09 bits per heavy atom. The number of hydrogen-bond acceptors (Lipinski definition) is 5. The van der Waals surface area contributed by atoms with E-state index in [0.717, 1.165) is 11.4 Å². The lowest BCUT2D eigenvalue weighted by atomic mass is 10.2. The van der Waals surface area contributed by atoms with E-state index in [4.69, 9.17) is 4.74 Å². The number of aromatic nitrogens is 3. The summed E-state index contributed by atoms with van der Waals surface area (Å²) in [5.74, 6) is 1.42. The van der Waals surface area contributed by atoms with Crippen LogP contribution in [0.25, 0.3) is 0 Å². The van der Waals surface area contributed by atoms with Crippen LogP contribution in [-0.4, -0.2) is 36.8 Å². The first-order chi connectivity index (χ1) is 10.8. The zero-order chi connectivity index (χ0) is 17.0. The number of nitrogens with one attached hydrogen (secondary N) is 1. The molecule has 1 heterocycles. The summed E-state index contributed by atoms with van der Waals surface area (Å²) in [5.41, 5.74) is 0.773. The number of nitrogens with zero attached hydrogens (tertiary/aromatic N) is 3. The summed E-state index contributed by atoms with van der Waals surface area (Å²) >= 11 is 0. The van der Waals surface area contributed by atoms with Gasteiger partial charge in [0.1, 0.15) is 17.9 Å². The fourth-order valence-corrected chi connectivity index (χ4v) is 3.39. The van der Waals surface area contributed by atoms with Gasteiger partial charge in [-0.1, -0.05) is 0 Å². The van der Waals surface area contributed by atoms with Gasteiger partial charge in [-0.3, -0.25) is 0 Å². The average Bonchev–Trinajstić information content (AvgIpc) is 2.95. The first-order valence-electron chi connectivity index (χ1n) is 7.38. The molecule has 0 saturated carbocycles. The van der Waals surface area contributed by atoms with Gasteiger partial charge in [0, 0.05) is 19.0 Å². The third-order valence-corrected chi connectivity index (χ3v) is 4.98. The van der Waals surface area contributed by atoms with Gasteiger partial charge in [-0.05, 0) is 44.5 Å². The molecule has 126 valence electrons. The Morgan fingerprint density at radius 3 is 2.70 bits per heavy atom. The minimum atomic E-state index is -3.56. The summed E-state index contributed by atoms with van der Waals surface area (Å²) < 4.78 is 34.3. The number of rotatable bonds is 7. The second-order valence-corrected chi connectivity index (χ2v) is 7.29. The third-order valence-electron chi connectivity index (χ3n) is 3.52. The molecular formula is C15H22N4O3S. The van der Waals surface area contributed by atoms with Crippen LogP contribution < -0.4 is 9.46 Å². The van der Waals surface area contributed by atoms with Crippen molar-refractivity contribution in [2.24, 2.45) is 0 Å². The lowest BCUT2D eigenvalue weighted by Gasteiger charge is -2.11. The maximum Gasteiger partial charge on any atom is 0.240 e. The number of ether oxygens (including phenoxy) is 1. The monoisotopic (exact) mass is 338 g/mol. The highest BCUT2D eigenvalue weighted by Crippen LogP contribution is 2.21. The van der Waals surface area contributed by atoms with E-state index in [9.17, 15) is 8.42 Å².